The zero-order valence-electron chi connectivity index (χ0n) is 12.3. The number of carbonyl (C=O) groups excluding carboxylic acids is 2. The molecule has 0 aromatic heterocycles. The first kappa shape index (κ1) is 15.7. The maximum Gasteiger partial charge on any atom is 0.247 e. The summed E-state index contributed by atoms with van der Waals surface area (Å²) in [6, 6.07) is 0. The van der Waals surface area contributed by atoms with Gasteiger partial charge in [0.2, 0.25) is 11.8 Å². The molecule has 1 heterocycles. The Morgan fingerprint density at radius 1 is 1.47 bits per heavy atom. The van der Waals surface area contributed by atoms with Gasteiger partial charge in [-0.15, -0.1) is 6.58 Å². The van der Waals surface area contributed by atoms with Gasteiger partial charge in [0.05, 0.1) is 0 Å². The third kappa shape index (κ3) is 3.80. The standard InChI is InChI=1S/C14H25N3O2/c1-6-7-11-8-15-9-14(11,16-10(2)18)12(19)17-13(3,4)5/h6,11,15H,1,7-9H2,2-5H3,(H,16,18)(H,17,19)/t11-,14-/m0/s1. The summed E-state index contributed by atoms with van der Waals surface area (Å²) in [7, 11) is 0. The summed E-state index contributed by atoms with van der Waals surface area (Å²) in [5.74, 6) is -0.301. The molecular formula is C14H25N3O2. The van der Waals surface area contributed by atoms with Gasteiger partial charge in [-0.25, -0.2) is 0 Å². The van der Waals surface area contributed by atoms with Crippen LogP contribution in [0.3, 0.4) is 0 Å². The first-order valence-corrected chi connectivity index (χ1v) is 6.64. The van der Waals surface area contributed by atoms with Crippen LogP contribution in [0.25, 0.3) is 0 Å². The van der Waals surface area contributed by atoms with E-state index in [4.69, 9.17) is 0 Å². The average molecular weight is 267 g/mol. The molecule has 0 aromatic rings. The second-order valence-electron chi connectivity index (χ2n) is 6.21. The Morgan fingerprint density at radius 3 is 2.58 bits per heavy atom. The van der Waals surface area contributed by atoms with Crippen LogP contribution < -0.4 is 16.0 Å². The highest BCUT2D eigenvalue weighted by Crippen LogP contribution is 2.27. The van der Waals surface area contributed by atoms with E-state index < -0.39 is 5.54 Å². The first-order chi connectivity index (χ1) is 8.71. The van der Waals surface area contributed by atoms with Gasteiger partial charge in [0.15, 0.2) is 0 Å². The predicted octanol–water partition coefficient (Wildman–Crippen LogP) is 0.572. The summed E-state index contributed by atoms with van der Waals surface area (Å²) >= 11 is 0. The number of hydrogen-bond donors (Lipinski definition) is 3. The summed E-state index contributed by atoms with van der Waals surface area (Å²) in [5, 5.41) is 9.02. The topological polar surface area (TPSA) is 70.2 Å². The molecule has 0 aliphatic carbocycles. The van der Waals surface area contributed by atoms with Crippen LogP contribution in [0.1, 0.15) is 34.1 Å². The van der Waals surface area contributed by atoms with E-state index in [0.29, 0.717) is 19.5 Å². The van der Waals surface area contributed by atoms with Crippen molar-refractivity contribution < 1.29 is 9.59 Å². The first-order valence-electron chi connectivity index (χ1n) is 6.64. The van der Waals surface area contributed by atoms with E-state index in [1.807, 2.05) is 20.8 Å². The molecule has 1 aliphatic heterocycles. The number of nitrogens with one attached hydrogen (secondary N) is 3. The number of carbonyl (C=O) groups is 2. The largest absolute Gasteiger partial charge is 0.349 e. The van der Waals surface area contributed by atoms with Gasteiger partial charge in [-0.1, -0.05) is 6.08 Å². The SMILES string of the molecule is C=CC[C@H]1CNC[C@@]1(NC(C)=O)C(=O)NC(C)(C)C. The molecule has 1 rings (SSSR count). The summed E-state index contributed by atoms with van der Waals surface area (Å²) in [5.41, 5.74) is -1.21. The molecule has 19 heavy (non-hydrogen) atoms. The van der Waals surface area contributed by atoms with Gasteiger partial charge in [-0.05, 0) is 27.2 Å². The van der Waals surface area contributed by atoms with E-state index in [9.17, 15) is 9.59 Å². The Balaban J connectivity index is 3.01. The molecule has 0 saturated carbocycles. The Kier molecular flexibility index (Phi) is 4.74. The lowest BCUT2D eigenvalue weighted by molar-refractivity contribution is -0.134. The second-order valence-corrected chi connectivity index (χ2v) is 6.21. The zero-order valence-corrected chi connectivity index (χ0v) is 12.3. The van der Waals surface area contributed by atoms with Crippen molar-refractivity contribution in [2.75, 3.05) is 13.1 Å². The van der Waals surface area contributed by atoms with Crippen LogP contribution in [0.15, 0.2) is 12.7 Å². The molecule has 1 aliphatic rings. The van der Waals surface area contributed by atoms with Crippen molar-refractivity contribution in [3.8, 4) is 0 Å². The minimum absolute atomic E-state index is 0.0243. The van der Waals surface area contributed by atoms with E-state index in [1.54, 1.807) is 6.08 Å². The minimum Gasteiger partial charge on any atom is -0.349 e. The molecule has 0 aromatic carbocycles. The monoisotopic (exact) mass is 267 g/mol. The normalized spacial score (nSPS) is 26.8. The molecule has 0 unspecified atom stereocenters. The fourth-order valence-corrected chi connectivity index (χ4v) is 2.48. The van der Waals surface area contributed by atoms with Crippen molar-refractivity contribution in [2.24, 2.45) is 5.92 Å². The fourth-order valence-electron chi connectivity index (χ4n) is 2.48. The molecule has 3 N–H and O–H groups in total. The van der Waals surface area contributed by atoms with Crippen molar-refractivity contribution in [1.82, 2.24) is 16.0 Å². The highest BCUT2D eigenvalue weighted by molar-refractivity contribution is 5.92. The van der Waals surface area contributed by atoms with Crippen LogP contribution in [0.5, 0.6) is 0 Å². The van der Waals surface area contributed by atoms with E-state index in [0.717, 1.165) is 0 Å². The maximum atomic E-state index is 12.6. The number of allylic oxidation sites excluding steroid dienone is 1. The number of rotatable bonds is 4. The van der Waals surface area contributed by atoms with Crippen LogP contribution in [-0.2, 0) is 9.59 Å². The molecule has 108 valence electrons. The molecule has 2 amide bonds. The molecule has 0 spiro atoms. The van der Waals surface area contributed by atoms with Gasteiger partial charge in [-0.2, -0.15) is 0 Å². The minimum atomic E-state index is -0.882. The van der Waals surface area contributed by atoms with Gasteiger partial charge in [0, 0.05) is 31.5 Å². The summed E-state index contributed by atoms with van der Waals surface area (Å²) < 4.78 is 0. The van der Waals surface area contributed by atoms with Gasteiger partial charge < -0.3 is 16.0 Å². The van der Waals surface area contributed by atoms with Crippen LogP contribution in [0.4, 0.5) is 0 Å². The molecule has 0 bridgehead atoms. The third-order valence-corrected chi connectivity index (χ3v) is 3.24. The lowest BCUT2D eigenvalue weighted by Crippen LogP contribution is -2.65. The van der Waals surface area contributed by atoms with E-state index >= 15 is 0 Å². The summed E-state index contributed by atoms with van der Waals surface area (Å²) in [4.78, 5) is 24.1. The third-order valence-electron chi connectivity index (χ3n) is 3.24. The second kappa shape index (κ2) is 5.74. The van der Waals surface area contributed by atoms with Crippen LogP contribution >= 0.6 is 0 Å². The number of hydrogen-bond acceptors (Lipinski definition) is 3. The van der Waals surface area contributed by atoms with E-state index in [1.165, 1.54) is 6.92 Å². The molecule has 2 atom stereocenters. The van der Waals surface area contributed by atoms with Crippen LogP contribution in [0.2, 0.25) is 0 Å². The molecule has 0 radical (unpaired) electrons. The molecule has 1 saturated heterocycles. The lowest BCUT2D eigenvalue weighted by Gasteiger charge is -2.36. The van der Waals surface area contributed by atoms with Crippen molar-refractivity contribution in [2.45, 2.75) is 45.2 Å². The average Bonchev–Trinajstić information content (AvgIpc) is 2.60. The summed E-state index contributed by atoms with van der Waals surface area (Å²) in [6.45, 7) is 12.1. The Bertz CT molecular complexity index is 373. The van der Waals surface area contributed by atoms with Crippen LogP contribution in [0, 0.1) is 5.92 Å². The predicted molar refractivity (Wildman–Crippen MR) is 75.6 cm³/mol. The smallest absolute Gasteiger partial charge is 0.247 e. The zero-order chi connectivity index (χ0) is 14.7. The maximum absolute atomic E-state index is 12.6. The summed E-state index contributed by atoms with van der Waals surface area (Å²) in [6.07, 6.45) is 2.48. The lowest BCUT2D eigenvalue weighted by atomic mass is 9.83. The molecule has 5 nitrogen and oxygen atoms in total. The van der Waals surface area contributed by atoms with Crippen molar-refractivity contribution in [3.63, 3.8) is 0 Å². The van der Waals surface area contributed by atoms with Gasteiger partial charge in [0.1, 0.15) is 5.54 Å². The quantitative estimate of drug-likeness (QED) is 0.652. The molecule has 5 heteroatoms. The molecule has 1 fully saturated rings. The van der Waals surface area contributed by atoms with Crippen molar-refractivity contribution in [3.05, 3.63) is 12.7 Å². The highest BCUT2D eigenvalue weighted by atomic mass is 16.2. The fraction of sp³-hybridized carbons (Fsp3) is 0.714. The van der Waals surface area contributed by atoms with E-state index in [2.05, 4.69) is 22.5 Å². The number of amides is 2. The molecular weight excluding hydrogens is 242 g/mol. The highest BCUT2D eigenvalue weighted by Gasteiger charge is 2.49. The van der Waals surface area contributed by atoms with Gasteiger partial charge in [-0.3, -0.25) is 9.59 Å². The van der Waals surface area contributed by atoms with Gasteiger partial charge >= 0.3 is 0 Å². The van der Waals surface area contributed by atoms with Crippen molar-refractivity contribution in [1.29, 1.82) is 0 Å². The van der Waals surface area contributed by atoms with Crippen LogP contribution in [-0.4, -0.2) is 36.0 Å². The van der Waals surface area contributed by atoms with Crippen molar-refractivity contribution >= 4 is 11.8 Å². The Labute approximate surface area is 115 Å². The van der Waals surface area contributed by atoms with E-state index in [-0.39, 0.29) is 23.3 Å². The Morgan fingerprint density at radius 2 is 2.11 bits per heavy atom. The Hall–Kier alpha value is -1.36. The van der Waals surface area contributed by atoms with Gasteiger partial charge in [0.25, 0.3) is 0 Å².